The van der Waals surface area contributed by atoms with E-state index < -0.39 is 0 Å². The van der Waals surface area contributed by atoms with Gasteiger partial charge in [-0.3, -0.25) is 0 Å². The molecule has 0 atom stereocenters. The van der Waals surface area contributed by atoms with Crippen molar-refractivity contribution in [3.63, 3.8) is 0 Å². The van der Waals surface area contributed by atoms with Crippen LogP contribution in [-0.4, -0.2) is 0 Å². The average molecular weight is 687 g/mol. The first-order valence-electron chi connectivity index (χ1n) is 18.3. The first-order chi connectivity index (χ1) is 25.8. The second-order valence-corrected chi connectivity index (χ2v) is 14.0. The van der Waals surface area contributed by atoms with E-state index in [4.69, 9.17) is 0 Å². The van der Waals surface area contributed by atoms with Crippen molar-refractivity contribution >= 4 is 58.4 Å². The van der Waals surface area contributed by atoms with Gasteiger partial charge in [0.15, 0.2) is 0 Å². The minimum Gasteiger partial charge on any atom is -0.311 e. The molecule has 7 rings (SSSR count). The van der Waals surface area contributed by atoms with Crippen molar-refractivity contribution in [3.8, 4) is 0 Å². The maximum Gasteiger partial charge on any atom is 0.0462 e. The molecule has 0 N–H and O–H groups in total. The van der Waals surface area contributed by atoms with E-state index in [2.05, 4.69) is 233 Å². The monoisotopic (exact) mass is 686 g/mol. The zero-order valence-electron chi connectivity index (χ0n) is 31.3. The van der Waals surface area contributed by atoms with Crippen molar-refractivity contribution in [2.75, 3.05) is 9.80 Å². The van der Waals surface area contributed by atoms with Crippen molar-refractivity contribution in [1.82, 2.24) is 0 Å². The molecule has 0 amide bonds. The zero-order valence-corrected chi connectivity index (χ0v) is 31.3. The van der Waals surface area contributed by atoms with Crippen LogP contribution in [0.4, 0.5) is 34.1 Å². The molecule has 2 nitrogen and oxygen atoms in total. The van der Waals surface area contributed by atoms with E-state index in [1.165, 1.54) is 38.9 Å². The van der Waals surface area contributed by atoms with Crippen LogP contribution in [0.2, 0.25) is 0 Å². The Kier molecular flexibility index (Phi) is 10.5. The van der Waals surface area contributed by atoms with Crippen LogP contribution < -0.4 is 9.80 Å². The number of nitrogens with zero attached hydrogens (tertiary/aromatic N) is 2. The molecule has 7 aromatic rings. The van der Waals surface area contributed by atoms with Gasteiger partial charge in [0.2, 0.25) is 0 Å². The molecule has 0 unspecified atom stereocenters. The summed E-state index contributed by atoms with van der Waals surface area (Å²) in [5.41, 5.74) is 17.8. The highest BCUT2D eigenvalue weighted by molar-refractivity contribution is 5.80. The summed E-state index contributed by atoms with van der Waals surface area (Å²) in [5, 5.41) is 0. The molecule has 0 aliphatic heterocycles. The second-order valence-electron chi connectivity index (χ2n) is 14.0. The predicted octanol–water partition coefficient (Wildman–Crippen LogP) is 14.5. The van der Waals surface area contributed by atoms with Gasteiger partial charge in [-0.1, -0.05) is 138 Å². The van der Waals surface area contributed by atoms with Crippen LogP contribution in [0.3, 0.4) is 0 Å². The molecule has 260 valence electrons. The first-order valence-corrected chi connectivity index (χ1v) is 18.3. The minimum atomic E-state index is 1.13. The van der Waals surface area contributed by atoms with Gasteiger partial charge < -0.3 is 9.80 Å². The summed E-state index contributed by atoms with van der Waals surface area (Å²) < 4.78 is 0. The Balaban J connectivity index is 1.04. The fourth-order valence-corrected chi connectivity index (χ4v) is 6.51. The van der Waals surface area contributed by atoms with Crippen molar-refractivity contribution in [2.45, 2.75) is 34.6 Å². The maximum atomic E-state index is 2.31. The Labute approximate surface area is 315 Å². The quantitative estimate of drug-likeness (QED) is 0.132. The van der Waals surface area contributed by atoms with Crippen LogP contribution in [0.1, 0.15) is 50.1 Å². The van der Waals surface area contributed by atoms with Crippen LogP contribution in [0.5, 0.6) is 0 Å². The van der Waals surface area contributed by atoms with Gasteiger partial charge in [-0.15, -0.1) is 0 Å². The van der Waals surface area contributed by atoms with E-state index in [1.807, 2.05) is 0 Å². The highest BCUT2D eigenvalue weighted by Gasteiger charge is 2.13. The lowest BCUT2D eigenvalue weighted by Crippen LogP contribution is -2.09. The minimum absolute atomic E-state index is 1.13. The lowest BCUT2D eigenvalue weighted by Gasteiger charge is -2.26. The fourth-order valence-electron chi connectivity index (χ4n) is 6.51. The summed E-state index contributed by atoms with van der Waals surface area (Å²) in [6.07, 6.45) is 8.79. The van der Waals surface area contributed by atoms with Gasteiger partial charge in [-0.25, -0.2) is 0 Å². The fraction of sp³-hybridized carbons (Fsp3) is 0.0980. The lowest BCUT2D eigenvalue weighted by atomic mass is 10.0. The van der Waals surface area contributed by atoms with E-state index in [0.29, 0.717) is 0 Å². The number of anilines is 6. The molecule has 0 radical (unpaired) electrons. The van der Waals surface area contributed by atoms with Gasteiger partial charge in [-0.05, 0) is 135 Å². The average Bonchev–Trinajstić information content (AvgIpc) is 3.18. The predicted molar refractivity (Wildman–Crippen MR) is 230 cm³/mol. The summed E-state index contributed by atoms with van der Waals surface area (Å²) >= 11 is 0. The standard InChI is InChI=1S/C51H46N2/c1-37-6-24-46(25-7-37)52(47-26-8-38(2)9-27-47)50-32-18-42(19-33-50)14-15-44-17-23-45(41(5)36-44)22-16-43-20-34-51(35-21-43)53(48-28-10-39(3)11-29-48)49-30-12-40(4)13-31-49/h6-36H,1-5H3. The molecule has 2 heteroatoms. The molecule has 0 saturated carbocycles. The number of rotatable bonds is 10. The first kappa shape index (κ1) is 35.0. The Morgan fingerprint density at radius 3 is 0.868 bits per heavy atom. The second kappa shape index (κ2) is 15.9. The van der Waals surface area contributed by atoms with Crippen LogP contribution in [0, 0.1) is 34.6 Å². The number of hydrogen-bond donors (Lipinski definition) is 0. The highest BCUT2D eigenvalue weighted by atomic mass is 15.1. The van der Waals surface area contributed by atoms with Crippen molar-refractivity contribution in [1.29, 1.82) is 0 Å². The summed E-state index contributed by atoms with van der Waals surface area (Å²) in [5.74, 6) is 0. The van der Waals surface area contributed by atoms with E-state index in [1.54, 1.807) is 0 Å². The molecular weight excluding hydrogens is 641 g/mol. The normalized spacial score (nSPS) is 11.3. The molecule has 0 saturated heterocycles. The zero-order chi connectivity index (χ0) is 36.7. The molecule has 7 aromatic carbocycles. The highest BCUT2D eigenvalue weighted by Crippen LogP contribution is 2.36. The smallest absolute Gasteiger partial charge is 0.0462 e. The van der Waals surface area contributed by atoms with Gasteiger partial charge in [0, 0.05) is 34.1 Å². The van der Waals surface area contributed by atoms with Crippen LogP contribution in [0.15, 0.2) is 164 Å². The van der Waals surface area contributed by atoms with E-state index in [9.17, 15) is 0 Å². The molecule has 0 aliphatic carbocycles. The van der Waals surface area contributed by atoms with Crippen molar-refractivity contribution < 1.29 is 0 Å². The van der Waals surface area contributed by atoms with E-state index >= 15 is 0 Å². The van der Waals surface area contributed by atoms with Crippen molar-refractivity contribution in [2.24, 2.45) is 0 Å². The molecule has 0 spiro atoms. The van der Waals surface area contributed by atoms with Gasteiger partial charge in [0.25, 0.3) is 0 Å². The Morgan fingerprint density at radius 1 is 0.283 bits per heavy atom. The number of hydrogen-bond acceptors (Lipinski definition) is 2. The summed E-state index contributed by atoms with van der Waals surface area (Å²) in [4.78, 5) is 4.62. The molecule has 0 heterocycles. The maximum absolute atomic E-state index is 2.31. The molecule has 53 heavy (non-hydrogen) atoms. The molecule has 0 bridgehead atoms. The lowest BCUT2D eigenvalue weighted by molar-refractivity contribution is 1.27. The third-order valence-corrected chi connectivity index (χ3v) is 9.69. The molecule has 0 aliphatic rings. The largest absolute Gasteiger partial charge is 0.311 e. The number of benzene rings is 7. The van der Waals surface area contributed by atoms with Crippen LogP contribution >= 0.6 is 0 Å². The van der Waals surface area contributed by atoms with Crippen molar-refractivity contribution in [3.05, 3.63) is 214 Å². The Bertz CT molecular complexity index is 2240. The van der Waals surface area contributed by atoms with Crippen LogP contribution in [-0.2, 0) is 0 Å². The third kappa shape index (κ3) is 8.57. The van der Waals surface area contributed by atoms with Gasteiger partial charge in [0.05, 0.1) is 0 Å². The third-order valence-electron chi connectivity index (χ3n) is 9.69. The number of aryl methyl sites for hydroxylation is 5. The molecule has 0 aromatic heterocycles. The Hall–Kier alpha value is -6.38. The van der Waals surface area contributed by atoms with Crippen LogP contribution in [0.25, 0.3) is 24.3 Å². The van der Waals surface area contributed by atoms with Gasteiger partial charge >= 0.3 is 0 Å². The summed E-state index contributed by atoms with van der Waals surface area (Å²) in [7, 11) is 0. The molecule has 0 fully saturated rings. The SMILES string of the molecule is Cc1ccc(N(c2ccc(C)cc2)c2ccc(C=Cc3ccc(C=Cc4ccc(N(c5ccc(C)cc5)c5ccc(C)cc5)cc4)c(C)c3)cc2)cc1. The van der Waals surface area contributed by atoms with Gasteiger partial charge in [0.1, 0.15) is 0 Å². The summed E-state index contributed by atoms with van der Waals surface area (Å²) in [6, 6.07) is 59.1. The molecular formula is C51H46N2. The van der Waals surface area contributed by atoms with Gasteiger partial charge in [-0.2, -0.15) is 0 Å². The Morgan fingerprint density at radius 2 is 0.547 bits per heavy atom. The van der Waals surface area contributed by atoms with E-state index in [0.717, 1.165) is 45.3 Å². The van der Waals surface area contributed by atoms with E-state index in [-0.39, 0.29) is 0 Å². The summed E-state index contributed by atoms with van der Waals surface area (Å²) in [6.45, 7) is 10.7. The topological polar surface area (TPSA) is 6.48 Å².